The summed E-state index contributed by atoms with van der Waals surface area (Å²) >= 11 is 0. The summed E-state index contributed by atoms with van der Waals surface area (Å²) in [5.41, 5.74) is -0.311. The number of halogens is 3. The van der Waals surface area contributed by atoms with Gasteiger partial charge >= 0.3 is 6.18 Å². The van der Waals surface area contributed by atoms with E-state index in [1.807, 2.05) is 42.3 Å². The number of benzene rings is 2. The largest absolute Gasteiger partial charge is 0.417 e. The number of rotatable bonds is 5. The predicted molar refractivity (Wildman–Crippen MR) is 83.5 cm³/mol. The summed E-state index contributed by atoms with van der Waals surface area (Å²) in [7, 11) is 1.85. The third kappa shape index (κ3) is 4.48. The molecule has 3 nitrogen and oxygen atoms in total. The van der Waals surface area contributed by atoms with Crippen LogP contribution in [0.1, 0.15) is 15.9 Å². The van der Waals surface area contributed by atoms with Crippen LogP contribution >= 0.6 is 0 Å². The quantitative estimate of drug-likeness (QED) is 0.913. The number of carbonyl (C=O) groups is 1. The Morgan fingerprint density at radius 1 is 1.04 bits per heavy atom. The Morgan fingerprint density at radius 2 is 1.65 bits per heavy atom. The Hall–Kier alpha value is -2.50. The van der Waals surface area contributed by atoms with Crippen LogP contribution in [0.3, 0.4) is 0 Å². The Morgan fingerprint density at radius 3 is 2.30 bits per heavy atom. The van der Waals surface area contributed by atoms with Crippen LogP contribution in [0.25, 0.3) is 0 Å². The first kappa shape index (κ1) is 16.9. The van der Waals surface area contributed by atoms with E-state index in [2.05, 4.69) is 5.32 Å². The number of anilines is 1. The molecule has 0 aliphatic carbocycles. The second-order valence-electron chi connectivity index (χ2n) is 5.06. The van der Waals surface area contributed by atoms with E-state index in [9.17, 15) is 18.0 Å². The number of nitrogens with one attached hydrogen (secondary N) is 1. The molecule has 6 heteroatoms. The third-order valence-corrected chi connectivity index (χ3v) is 3.41. The first-order valence-corrected chi connectivity index (χ1v) is 7.10. The molecular formula is C17H17F3N2O. The van der Waals surface area contributed by atoms with E-state index in [4.69, 9.17) is 0 Å². The summed E-state index contributed by atoms with van der Waals surface area (Å²) in [6, 6.07) is 14.3. The lowest BCUT2D eigenvalue weighted by molar-refractivity contribution is -0.137. The van der Waals surface area contributed by atoms with E-state index < -0.39 is 17.6 Å². The molecule has 1 amide bonds. The molecule has 122 valence electrons. The number of carbonyl (C=O) groups excluding carboxylic acids is 1. The molecule has 0 saturated heterocycles. The van der Waals surface area contributed by atoms with E-state index in [0.717, 1.165) is 11.8 Å². The average Bonchev–Trinajstić information content (AvgIpc) is 2.54. The molecule has 2 aromatic rings. The summed E-state index contributed by atoms with van der Waals surface area (Å²) in [4.78, 5) is 13.9. The lowest BCUT2D eigenvalue weighted by Crippen LogP contribution is -2.33. The van der Waals surface area contributed by atoms with Crippen LogP contribution in [0.15, 0.2) is 54.6 Å². The Bertz CT molecular complexity index is 656. The molecule has 23 heavy (non-hydrogen) atoms. The maximum Gasteiger partial charge on any atom is 0.417 e. The standard InChI is InChI=1S/C17H17F3N2O/c1-22(13-7-3-2-4-8-13)12-11-21-16(23)14-9-5-6-10-15(14)17(18,19)20/h2-10H,11-12H2,1H3,(H,21,23). The summed E-state index contributed by atoms with van der Waals surface area (Å²) in [6.07, 6.45) is -4.55. The van der Waals surface area contributed by atoms with Crippen LogP contribution in [-0.2, 0) is 6.18 Å². The molecule has 0 spiro atoms. The van der Waals surface area contributed by atoms with Crippen molar-refractivity contribution in [3.8, 4) is 0 Å². The lowest BCUT2D eigenvalue weighted by Gasteiger charge is -2.19. The third-order valence-electron chi connectivity index (χ3n) is 3.41. The lowest BCUT2D eigenvalue weighted by atomic mass is 10.1. The van der Waals surface area contributed by atoms with Crippen LogP contribution in [-0.4, -0.2) is 26.0 Å². The Labute approximate surface area is 132 Å². The highest BCUT2D eigenvalue weighted by molar-refractivity contribution is 5.95. The zero-order valence-corrected chi connectivity index (χ0v) is 12.6. The molecule has 2 rings (SSSR count). The van der Waals surface area contributed by atoms with E-state index in [1.54, 1.807) is 0 Å². The van der Waals surface area contributed by atoms with Crippen molar-refractivity contribution in [1.29, 1.82) is 0 Å². The number of hydrogen-bond acceptors (Lipinski definition) is 2. The minimum absolute atomic E-state index is 0.246. The maximum absolute atomic E-state index is 12.9. The highest BCUT2D eigenvalue weighted by atomic mass is 19.4. The molecule has 0 heterocycles. The number of alkyl halides is 3. The minimum Gasteiger partial charge on any atom is -0.373 e. The summed E-state index contributed by atoms with van der Waals surface area (Å²) in [5, 5.41) is 2.53. The van der Waals surface area contributed by atoms with Crippen molar-refractivity contribution < 1.29 is 18.0 Å². The molecule has 0 aliphatic rings. The SMILES string of the molecule is CN(CCNC(=O)c1ccccc1C(F)(F)F)c1ccccc1. The molecular weight excluding hydrogens is 305 g/mol. The van der Waals surface area contributed by atoms with Gasteiger partial charge in [-0.05, 0) is 24.3 Å². The number of amides is 1. The van der Waals surface area contributed by atoms with E-state index in [1.165, 1.54) is 18.2 Å². The highest BCUT2D eigenvalue weighted by Gasteiger charge is 2.34. The zero-order chi connectivity index (χ0) is 16.9. The predicted octanol–water partition coefficient (Wildman–Crippen LogP) is 3.57. The number of likely N-dealkylation sites (N-methyl/N-ethyl adjacent to an activating group) is 1. The smallest absolute Gasteiger partial charge is 0.373 e. The van der Waals surface area contributed by atoms with Crippen LogP contribution in [0.2, 0.25) is 0 Å². The highest BCUT2D eigenvalue weighted by Crippen LogP contribution is 2.31. The fourth-order valence-corrected chi connectivity index (χ4v) is 2.17. The summed E-state index contributed by atoms with van der Waals surface area (Å²) < 4.78 is 38.7. The Balaban J connectivity index is 1.96. The van der Waals surface area contributed by atoms with Crippen LogP contribution in [0.4, 0.5) is 18.9 Å². The average molecular weight is 322 g/mol. The van der Waals surface area contributed by atoms with Crippen molar-refractivity contribution >= 4 is 11.6 Å². The molecule has 0 aromatic heterocycles. The second kappa shape index (κ2) is 7.17. The van der Waals surface area contributed by atoms with Gasteiger partial charge in [0.15, 0.2) is 0 Å². The van der Waals surface area contributed by atoms with Crippen molar-refractivity contribution in [2.75, 3.05) is 25.0 Å². The molecule has 0 atom stereocenters. The maximum atomic E-state index is 12.9. The number of para-hydroxylation sites is 1. The molecule has 0 aliphatic heterocycles. The fourth-order valence-electron chi connectivity index (χ4n) is 2.17. The van der Waals surface area contributed by atoms with Crippen molar-refractivity contribution in [1.82, 2.24) is 5.32 Å². The van der Waals surface area contributed by atoms with E-state index in [-0.39, 0.29) is 12.1 Å². The van der Waals surface area contributed by atoms with Crippen molar-refractivity contribution in [2.45, 2.75) is 6.18 Å². The van der Waals surface area contributed by atoms with E-state index >= 15 is 0 Å². The summed E-state index contributed by atoms with van der Waals surface area (Å²) in [5.74, 6) is -0.723. The van der Waals surface area contributed by atoms with Crippen LogP contribution < -0.4 is 10.2 Å². The van der Waals surface area contributed by atoms with Crippen molar-refractivity contribution in [3.05, 3.63) is 65.7 Å². The van der Waals surface area contributed by atoms with Gasteiger partial charge in [-0.15, -0.1) is 0 Å². The van der Waals surface area contributed by atoms with Gasteiger partial charge in [-0.2, -0.15) is 13.2 Å². The fraction of sp³-hybridized carbons (Fsp3) is 0.235. The first-order valence-electron chi connectivity index (χ1n) is 7.10. The van der Waals surface area contributed by atoms with Gasteiger partial charge in [-0.3, -0.25) is 4.79 Å². The van der Waals surface area contributed by atoms with Gasteiger partial charge in [-0.1, -0.05) is 30.3 Å². The monoisotopic (exact) mass is 322 g/mol. The molecule has 0 bridgehead atoms. The van der Waals surface area contributed by atoms with Gasteiger partial charge in [0.05, 0.1) is 11.1 Å². The van der Waals surface area contributed by atoms with Crippen molar-refractivity contribution in [3.63, 3.8) is 0 Å². The molecule has 1 N–H and O–H groups in total. The molecule has 2 aromatic carbocycles. The Kier molecular flexibility index (Phi) is 5.26. The molecule has 0 fully saturated rings. The van der Waals surface area contributed by atoms with Gasteiger partial charge in [0.2, 0.25) is 0 Å². The topological polar surface area (TPSA) is 32.3 Å². The van der Waals surface area contributed by atoms with Gasteiger partial charge in [0.25, 0.3) is 5.91 Å². The number of nitrogens with zero attached hydrogens (tertiary/aromatic N) is 1. The minimum atomic E-state index is -4.55. The molecule has 0 saturated carbocycles. The van der Waals surface area contributed by atoms with Crippen molar-refractivity contribution in [2.24, 2.45) is 0 Å². The number of hydrogen-bond donors (Lipinski definition) is 1. The summed E-state index contributed by atoms with van der Waals surface area (Å²) in [6.45, 7) is 0.736. The molecule has 0 unspecified atom stereocenters. The van der Waals surface area contributed by atoms with Gasteiger partial charge in [0.1, 0.15) is 0 Å². The van der Waals surface area contributed by atoms with Crippen LogP contribution in [0.5, 0.6) is 0 Å². The van der Waals surface area contributed by atoms with Crippen LogP contribution in [0, 0.1) is 0 Å². The second-order valence-corrected chi connectivity index (χ2v) is 5.06. The first-order chi connectivity index (χ1) is 10.9. The zero-order valence-electron chi connectivity index (χ0n) is 12.6. The van der Waals surface area contributed by atoms with Gasteiger partial charge in [-0.25, -0.2) is 0 Å². The van der Waals surface area contributed by atoms with Gasteiger partial charge in [0, 0.05) is 25.8 Å². The van der Waals surface area contributed by atoms with Gasteiger partial charge < -0.3 is 10.2 Å². The normalized spacial score (nSPS) is 11.1. The van der Waals surface area contributed by atoms with E-state index in [0.29, 0.717) is 6.54 Å². The molecule has 0 radical (unpaired) electrons.